The lowest BCUT2D eigenvalue weighted by molar-refractivity contribution is -0.121. The van der Waals surface area contributed by atoms with Gasteiger partial charge < -0.3 is 10.3 Å². The predicted molar refractivity (Wildman–Crippen MR) is 114 cm³/mol. The number of rotatable bonds is 6. The molecule has 29 heavy (non-hydrogen) atoms. The molecule has 152 valence electrons. The molecule has 1 saturated carbocycles. The third-order valence-electron chi connectivity index (χ3n) is 5.66. The Balaban J connectivity index is 1.27. The van der Waals surface area contributed by atoms with Gasteiger partial charge in [-0.3, -0.25) is 4.79 Å². The molecule has 0 saturated heterocycles. The van der Waals surface area contributed by atoms with E-state index in [2.05, 4.69) is 15.0 Å². The molecule has 1 fully saturated rings. The summed E-state index contributed by atoms with van der Waals surface area (Å²) < 4.78 is 27.4. The summed E-state index contributed by atoms with van der Waals surface area (Å²) in [6.07, 6.45) is 5.10. The third-order valence-corrected chi connectivity index (χ3v) is 7.10. The number of carbonyl (C=O) groups is 1. The van der Waals surface area contributed by atoms with Crippen LogP contribution in [0.2, 0.25) is 0 Å². The van der Waals surface area contributed by atoms with E-state index in [1.54, 1.807) is 30.3 Å². The lowest BCUT2D eigenvalue weighted by Gasteiger charge is -2.27. The van der Waals surface area contributed by atoms with E-state index >= 15 is 0 Å². The topological polar surface area (TPSA) is 91.1 Å². The molecule has 4 rings (SSSR count). The summed E-state index contributed by atoms with van der Waals surface area (Å²) in [7, 11) is -3.48. The van der Waals surface area contributed by atoms with Crippen molar-refractivity contribution >= 4 is 32.5 Å². The number of benzene rings is 2. The van der Waals surface area contributed by atoms with Gasteiger partial charge in [-0.1, -0.05) is 24.3 Å². The standard InChI is InChI=1S/C22H25N3O3S/c26-22(25-19-11-10-17-12-13-23-21(17)14-19)18-8-6-16(7-9-18)15-24-29(27,28)20-4-2-1-3-5-20/h1-5,10-14,16,18,23-24H,6-9,15H2,(H,25,26). The molecule has 1 aromatic heterocycles. The molecule has 0 aliphatic heterocycles. The van der Waals surface area contributed by atoms with Gasteiger partial charge >= 0.3 is 0 Å². The second kappa shape index (κ2) is 8.39. The molecule has 1 heterocycles. The summed E-state index contributed by atoms with van der Waals surface area (Å²) >= 11 is 0. The summed E-state index contributed by atoms with van der Waals surface area (Å²) in [6, 6.07) is 16.2. The van der Waals surface area contributed by atoms with Crippen molar-refractivity contribution in [2.45, 2.75) is 30.6 Å². The Morgan fingerprint density at radius 1 is 1.00 bits per heavy atom. The number of fused-ring (bicyclic) bond motifs is 1. The van der Waals surface area contributed by atoms with Crippen molar-refractivity contribution in [3.05, 3.63) is 60.8 Å². The molecule has 0 unspecified atom stereocenters. The van der Waals surface area contributed by atoms with Gasteiger partial charge in [-0.15, -0.1) is 0 Å². The average Bonchev–Trinajstić information content (AvgIpc) is 3.21. The van der Waals surface area contributed by atoms with Crippen LogP contribution < -0.4 is 10.0 Å². The van der Waals surface area contributed by atoms with E-state index in [9.17, 15) is 13.2 Å². The first-order chi connectivity index (χ1) is 14.0. The number of aromatic amines is 1. The van der Waals surface area contributed by atoms with Gasteiger partial charge in [0.15, 0.2) is 0 Å². The second-order valence-electron chi connectivity index (χ2n) is 7.65. The summed E-state index contributed by atoms with van der Waals surface area (Å²) in [5.74, 6) is 0.267. The fourth-order valence-electron chi connectivity index (χ4n) is 3.91. The van der Waals surface area contributed by atoms with Gasteiger partial charge in [-0.2, -0.15) is 0 Å². The molecular weight excluding hydrogens is 386 g/mol. The Kier molecular flexibility index (Phi) is 5.69. The van der Waals surface area contributed by atoms with Crippen molar-refractivity contribution < 1.29 is 13.2 Å². The Labute approximate surface area is 170 Å². The first-order valence-electron chi connectivity index (χ1n) is 9.94. The number of hydrogen-bond acceptors (Lipinski definition) is 3. The highest BCUT2D eigenvalue weighted by atomic mass is 32.2. The molecule has 1 aliphatic rings. The zero-order chi connectivity index (χ0) is 20.3. The van der Waals surface area contributed by atoms with Gasteiger partial charge in [0.05, 0.1) is 4.90 Å². The van der Waals surface area contributed by atoms with E-state index in [0.717, 1.165) is 42.3 Å². The van der Waals surface area contributed by atoms with Crippen molar-refractivity contribution in [1.82, 2.24) is 9.71 Å². The van der Waals surface area contributed by atoms with Gasteiger partial charge in [0.25, 0.3) is 0 Å². The van der Waals surface area contributed by atoms with Crippen LogP contribution in [-0.4, -0.2) is 25.9 Å². The highest BCUT2D eigenvalue weighted by Crippen LogP contribution is 2.30. The average molecular weight is 412 g/mol. The summed E-state index contributed by atoms with van der Waals surface area (Å²) in [5.41, 5.74) is 1.79. The van der Waals surface area contributed by atoms with Crippen molar-refractivity contribution in [1.29, 1.82) is 0 Å². The van der Waals surface area contributed by atoms with E-state index < -0.39 is 10.0 Å². The number of nitrogens with one attached hydrogen (secondary N) is 3. The minimum Gasteiger partial charge on any atom is -0.361 e. The number of anilines is 1. The van der Waals surface area contributed by atoms with Crippen LogP contribution in [0.15, 0.2) is 65.7 Å². The lowest BCUT2D eigenvalue weighted by Crippen LogP contribution is -2.33. The zero-order valence-electron chi connectivity index (χ0n) is 16.1. The molecule has 3 aromatic rings. The number of sulfonamides is 1. The highest BCUT2D eigenvalue weighted by molar-refractivity contribution is 7.89. The molecule has 2 aromatic carbocycles. The summed E-state index contributed by atoms with van der Waals surface area (Å²) in [6.45, 7) is 0.412. The lowest BCUT2D eigenvalue weighted by atomic mass is 9.81. The minimum absolute atomic E-state index is 0.0312. The van der Waals surface area contributed by atoms with Gasteiger partial charge in [-0.05, 0) is 67.3 Å². The smallest absolute Gasteiger partial charge is 0.240 e. The van der Waals surface area contributed by atoms with Crippen LogP contribution in [0.5, 0.6) is 0 Å². The minimum atomic E-state index is -3.48. The maximum Gasteiger partial charge on any atom is 0.240 e. The van der Waals surface area contributed by atoms with Crippen LogP contribution in [0.25, 0.3) is 10.9 Å². The zero-order valence-corrected chi connectivity index (χ0v) is 16.9. The Morgan fingerprint density at radius 2 is 1.76 bits per heavy atom. The number of hydrogen-bond donors (Lipinski definition) is 3. The van der Waals surface area contributed by atoms with E-state index in [4.69, 9.17) is 0 Å². The van der Waals surface area contributed by atoms with Crippen molar-refractivity contribution in [3.8, 4) is 0 Å². The van der Waals surface area contributed by atoms with E-state index in [1.165, 1.54) is 0 Å². The maximum atomic E-state index is 12.6. The normalized spacial score (nSPS) is 19.9. The van der Waals surface area contributed by atoms with Crippen LogP contribution in [-0.2, 0) is 14.8 Å². The van der Waals surface area contributed by atoms with E-state index in [-0.39, 0.29) is 22.6 Å². The van der Waals surface area contributed by atoms with E-state index in [0.29, 0.717) is 6.54 Å². The molecule has 1 amide bonds. The van der Waals surface area contributed by atoms with Crippen molar-refractivity contribution in [2.24, 2.45) is 11.8 Å². The first-order valence-corrected chi connectivity index (χ1v) is 11.4. The Bertz CT molecular complexity index is 1080. The van der Waals surface area contributed by atoms with E-state index in [1.807, 2.05) is 30.5 Å². The molecule has 6 nitrogen and oxygen atoms in total. The quantitative estimate of drug-likeness (QED) is 0.575. The second-order valence-corrected chi connectivity index (χ2v) is 9.42. The number of carbonyl (C=O) groups excluding carboxylic acids is 1. The fourth-order valence-corrected chi connectivity index (χ4v) is 5.05. The first kappa shape index (κ1) is 19.7. The summed E-state index contributed by atoms with van der Waals surface area (Å²) in [4.78, 5) is 16.1. The molecular formula is C22H25N3O3S. The van der Waals surface area contributed by atoms with Crippen LogP contribution in [0.3, 0.4) is 0 Å². The number of amides is 1. The largest absolute Gasteiger partial charge is 0.361 e. The SMILES string of the molecule is O=C(Nc1ccc2cc[nH]c2c1)C1CCC(CNS(=O)(=O)c2ccccc2)CC1. The predicted octanol–water partition coefficient (Wildman–Crippen LogP) is 3.89. The molecule has 0 bridgehead atoms. The number of aromatic nitrogens is 1. The van der Waals surface area contributed by atoms with Gasteiger partial charge in [0.2, 0.25) is 15.9 Å². The van der Waals surface area contributed by atoms with Gasteiger partial charge in [0, 0.05) is 29.9 Å². The Hall–Kier alpha value is -2.64. The maximum absolute atomic E-state index is 12.6. The molecule has 7 heteroatoms. The number of H-pyrrole nitrogens is 1. The van der Waals surface area contributed by atoms with Crippen LogP contribution >= 0.6 is 0 Å². The third kappa shape index (κ3) is 4.68. The van der Waals surface area contributed by atoms with Gasteiger partial charge in [0.1, 0.15) is 0 Å². The van der Waals surface area contributed by atoms with Crippen LogP contribution in [0, 0.1) is 11.8 Å². The molecule has 1 aliphatic carbocycles. The molecule has 3 N–H and O–H groups in total. The highest BCUT2D eigenvalue weighted by Gasteiger charge is 2.27. The molecule has 0 radical (unpaired) electrons. The monoisotopic (exact) mass is 411 g/mol. The summed E-state index contributed by atoms with van der Waals surface area (Å²) in [5, 5.41) is 4.13. The van der Waals surface area contributed by atoms with Gasteiger partial charge in [-0.25, -0.2) is 13.1 Å². The van der Waals surface area contributed by atoms with Crippen LogP contribution in [0.4, 0.5) is 5.69 Å². The Morgan fingerprint density at radius 3 is 2.52 bits per heavy atom. The molecule has 0 spiro atoms. The van der Waals surface area contributed by atoms with Crippen molar-refractivity contribution in [2.75, 3.05) is 11.9 Å². The fraction of sp³-hybridized carbons (Fsp3) is 0.318. The molecule has 0 atom stereocenters. The van der Waals surface area contributed by atoms with Crippen molar-refractivity contribution in [3.63, 3.8) is 0 Å². The van der Waals surface area contributed by atoms with Crippen LogP contribution in [0.1, 0.15) is 25.7 Å².